The third kappa shape index (κ3) is 5.93. The minimum absolute atomic E-state index is 0.0363. The highest BCUT2D eigenvalue weighted by molar-refractivity contribution is 8.22. The van der Waals surface area contributed by atoms with Gasteiger partial charge in [-0.1, -0.05) is 0 Å². The van der Waals surface area contributed by atoms with Crippen molar-refractivity contribution in [3.63, 3.8) is 0 Å². The molecule has 0 spiro atoms. The van der Waals surface area contributed by atoms with Crippen molar-refractivity contribution >= 4 is 68.3 Å². The van der Waals surface area contributed by atoms with E-state index in [1.807, 2.05) is 0 Å². The molecule has 5 rings (SSSR count). The Hall–Kier alpha value is -5.76. The molecule has 3 N–H and O–H groups in total. The molecule has 252 valence electrons. The molecule has 4 heterocycles. The zero-order chi connectivity index (χ0) is 35.2. The van der Waals surface area contributed by atoms with Gasteiger partial charge in [-0.05, 0) is 24.3 Å². The number of oxazole rings is 1. The maximum absolute atomic E-state index is 13.6. The third-order valence-electron chi connectivity index (χ3n) is 6.95. The van der Waals surface area contributed by atoms with Gasteiger partial charge in [-0.3, -0.25) is 47.6 Å². The van der Waals surface area contributed by atoms with E-state index < -0.39 is 75.7 Å². The topological polar surface area (TPSA) is 237 Å². The smallest absolute Gasteiger partial charge is 0.323 e. The number of rotatable bonds is 9. The van der Waals surface area contributed by atoms with Gasteiger partial charge >= 0.3 is 17.9 Å². The van der Waals surface area contributed by atoms with E-state index in [9.17, 15) is 43.8 Å². The fourth-order valence-electron chi connectivity index (χ4n) is 4.77. The van der Waals surface area contributed by atoms with Crippen LogP contribution in [0.25, 0.3) is 10.5 Å². The standard InChI is InChI=1S/C28H24N4O14S2/c1-11(5-16-29(2)12-6-14(43-3)15(44-4)7-13(12)45-16)21-24(40)31(9-18(35)36)27(47-21)20-23(39)30(8-17(33)34)26(46-20)22-25(41)32(10-19(37)38)28(42)48-22/h5-7H,8-10H2,1-4H3,(H,33,34)(H,35,36)(H,37,38)/b16-5?,21-11+,26-22+,27-20+. The summed E-state index contributed by atoms with van der Waals surface area (Å²) >= 11 is 0.878. The summed E-state index contributed by atoms with van der Waals surface area (Å²) in [5.74, 6) is -4.13. The number of thiazole rings is 1. The highest BCUT2D eigenvalue weighted by Gasteiger charge is 2.39. The van der Waals surface area contributed by atoms with Crippen LogP contribution in [0, 0.1) is 10.1 Å². The Morgan fingerprint density at radius 1 is 0.896 bits per heavy atom. The SMILES string of the molecule is COc1cc2c(cc1OC)N(C)C(=C/C(C)=c1/s/c(=c3/o/c(=C4/SC(=O)N(CC(=O)O)C4=O)n(CC(=O)O)c3=O)n(CC(=O)O)c1=O)O2. The van der Waals surface area contributed by atoms with Gasteiger partial charge in [-0.25, -0.2) is 0 Å². The van der Waals surface area contributed by atoms with Gasteiger partial charge < -0.3 is 38.8 Å². The monoisotopic (exact) mass is 704 g/mol. The molecule has 0 aliphatic carbocycles. The second-order valence-corrected chi connectivity index (χ2v) is 12.0. The summed E-state index contributed by atoms with van der Waals surface area (Å²) in [5, 5.41) is 27.1. The number of ether oxygens (including phenoxy) is 3. The summed E-state index contributed by atoms with van der Waals surface area (Å²) in [6.07, 6.45) is 1.50. The fourth-order valence-corrected chi connectivity index (χ4v) is 6.73. The van der Waals surface area contributed by atoms with Crippen molar-refractivity contribution < 1.29 is 57.9 Å². The molecule has 1 fully saturated rings. The third-order valence-corrected chi connectivity index (χ3v) is 9.20. The largest absolute Gasteiger partial charge is 0.493 e. The van der Waals surface area contributed by atoms with Crippen LogP contribution in [0.4, 0.5) is 10.5 Å². The minimum atomic E-state index is -1.54. The Bertz CT molecular complexity index is 2310. The molecule has 2 aliphatic rings. The zero-order valence-electron chi connectivity index (χ0n) is 25.3. The van der Waals surface area contributed by atoms with E-state index in [0.717, 1.165) is 4.57 Å². The molecule has 20 heteroatoms. The van der Waals surface area contributed by atoms with E-state index in [0.29, 0.717) is 43.7 Å². The molecule has 2 aromatic heterocycles. The first kappa shape index (κ1) is 33.6. The summed E-state index contributed by atoms with van der Waals surface area (Å²) in [6, 6.07) is 3.30. The maximum atomic E-state index is 13.6. The van der Waals surface area contributed by atoms with Gasteiger partial charge in [0.1, 0.15) is 29.2 Å². The predicted octanol–water partition coefficient (Wildman–Crippen LogP) is -0.433. The van der Waals surface area contributed by atoms with Crippen molar-refractivity contribution in [2.45, 2.75) is 20.0 Å². The van der Waals surface area contributed by atoms with Crippen LogP contribution in [-0.4, -0.2) is 86.2 Å². The summed E-state index contributed by atoms with van der Waals surface area (Å²) < 4.78 is 23.2. The van der Waals surface area contributed by atoms with Crippen molar-refractivity contribution in [3.05, 3.63) is 65.0 Å². The Labute approximate surface area is 274 Å². The Morgan fingerprint density at radius 3 is 2.10 bits per heavy atom. The number of imide groups is 1. The number of anilines is 1. The first-order valence-electron chi connectivity index (χ1n) is 13.4. The molecule has 0 bridgehead atoms. The number of thioether (sulfide) groups is 1. The zero-order valence-corrected chi connectivity index (χ0v) is 26.9. The van der Waals surface area contributed by atoms with Crippen LogP contribution >= 0.6 is 23.1 Å². The lowest BCUT2D eigenvalue weighted by Crippen LogP contribution is -2.36. The van der Waals surface area contributed by atoms with Crippen LogP contribution < -0.4 is 40.3 Å². The first-order valence-corrected chi connectivity index (χ1v) is 15.1. The number of benzene rings is 1. The molecule has 2 amide bonds. The van der Waals surface area contributed by atoms with E-state index in [1.54, 1.807) is 31.0 Å². The van der Waals surface area contributed by atoms with Crippen LogP contribution in [0.5, 0.6) is 17.2 Å². The molecule has 1 saturated heterocycles. The molecule has 1 aromatic carbocycles. The average molecular weight is 705 g/mol. The molecule has 0 atom stereocenters. The lowest BCUT2D eigenvalue weighted by molar-refractivity contribution is -0.140. The number of aliphatic carboxylic acids is 3. The van der Waals surface area contributed by atoms with Gasteiger partial charge in [-0.2, -0.15) is 0 Å². The minimum Gasteiger partial charge on any atom is -0.493 e. The first-order chi connectivity index (χ1) is 22.7. The molecule has 3 aromatic rings. The van der Waals surface area contributed by atoms with Gasteiger partial charge in [0, 0.05) is 25.3 Å². The normalized spacial score (nSPS) is 17.5. The predicted molar refractivity (Wildman–Crippen MR) is 165 cm³/mol. The molecular weight excluding hydrogens is 680 g/mol. The Morgan fingerprint density at radius 2 is 1.50 bits per heavy atom. The second kappa shape index (κ2) is 12.8. The van der Waals surface area contributed by atoms with Crippen molar-refractivity contribution in [3.8, 4) is 17.2 Å². The van der Waals surface area contributed by atoms with E-state index in [1.165, 1.54) is 20.3 Å². The van der Waals surface area contributed by atoms with Crippen molar-refractivity contribution in [2.24, 2.45) is 0 Å². The number of carboxylic acid groups (broad SMARTS) is 3. The van der Waals surface area contributed by atoms with Gasteiger partial charge in [-0.15, -0.1) is 11.3 Å². The molecule has 48 heavy (non-hydrogen) atoms. The maximum Gasteiger partial charge on any atom is 0.323 e. The van der Waals surface area contributed by atoms with Gasteiger partial charge in [0.05, 0.1) is 24.4 Å². The van der Waals surface area contributed by atoms with Crippen molar-refractivity contribution in [1.82, 2.24) is 14.0 Å². The van der Waals surface area contributed by atoms with Gasteiger partial charge in [0.25, 0.3) is 22.3 Å². The number of amides is 2. The van der Waals surface area contributed by atoms with Crippen molar-refractivity contribution in [1.29, 1.82) is 0 Å². The number of nitrogens with zero attached hydrogens (tertiary/aromatic N) is 4. The van der Waals surface area contributed by atoms with Crippen LogP contribution in [0.1, 0.15) is 6.92 Å². The van der Waals surface area contributed by atoms with E-state index in [2.05, 4.69) is 0 Å². The number of methoxy groups -OCH3 is 2. The highest BCUT2D eigenvalue weighted by atomic mass is 32.2. The van der Waals surface area contributed by atoms with Crippen LogP contribution in [0.3, 0.4) is 0 Å². The van der Waals surface area contributed by atoms with Crippen LogP contribution in [-0.2, 0) is 32.3 Å². The number of hydrogen-bond acceptors (Lipinski definition) is 14. The highest BCUT2D eigenvalue weighted by Crippen LogP contribution is 2.45. The van der Waals surface area contributed by atoms with Crippen LogP contribution in [0.2, 0.25) is 0 Å². The number of allylic oxidation sites excluding steroid dienone is 1. The molecule has 0 saturated carbocycles. The number of hydrogen-bond donors (Lipinski definition) is 3. The quantitative estimate of drug-likeness (QED) is 0.256. The molecular formula is C28H24N4O14S2. The van der Waals surface area contributed by atoms with Crippen molar-refractivity contribution in [2.75, 3.05) is 32.7 Å². The fraction of sp³-hybridized carbons (Fsp3) is 0.250. The van der Waals surface area contributed by atoms with Gasteiger partial charge in [0.2, 0.25) is 16.8 Å². The summed E-state index contributed by atoms with van der Waals surface area (Å²) in [6.45, 7) is -1.45. The molecule has 0 radical (unpaired) electrons. The number of aromatic nitrogens is 2. The van der Waals surface area contributed by atoms with Crippen LogP contribution in [0.15, 0.2) is 38.1 Å². The number of carbonyl (C=O) groups excluding carboxylic acids is 2. The summed E-state index contributed by atoms with van der Waals surface area (Å²) in [5.41, 5.74) is -2.47. The van der Waals surface area contributed by atoms with E-state index in [-0.39, 0.29) is 32.4 Å². The lowest BCUT2D eigenvalue weighted by atomic mass is 10.2. The lowest BCUT2D eigenvalue weighted by Gasteiger charge is -2.12. The number of fused-ring (bicyclic) bond motifs is 1. The van der Waals surface area contributed by atoms with E-state index >= 15 is 0 Å². The van der Waals surface area contributed by atoms with Gasteiger partial charge in [0.15, 0.2) is 17.2 Å². The Kier molecular flexibility index (Phi) is 8.96. The summed E-state index contributed by atoms with van der Waals surface area (Å²) in [7, 11) is 4.63. The summed E-state index contributed by atoms with van der Waals surface area (Å²) in [4.78, 5) is 88.6. The molecule has 2 aliphatic heterocycles. The molecule has 18 nitrogen and oxygen atoms in total. The molecule has 0 unspecified atom stereocenters. The average Bonchev–Trinajstić information content (AvgIpc) is 3.70. The van der Waals surface area contributed by atoms with E-state index in [4.69, 9.17) is 23.7 Å². The Balaban J connectivity index is 1.78. The second-order valence-electron chi connectivity index (χ2n) is 10.0. The number of carbonyl (C=O) groups is 5. The number of carboxylic acids is 3.